The summed E-state index contributed by atoms with van der Waals surface area (Å²) in [4.78, 5) is 20.6. The van der Waals surface area contributed by atoms with Gasteiger partial charge < -0.3 is 9.84 Å². The number of aliphatic hydroxyl groups is 1. The van der Waals surface area contributed by atoms with Gasteiger partial charge in [-0.15, -0.1) is 11.3 Å². The minimum atomic E-state index is -0.407. The van der Waals surface area contributed by atoms with E-state index in [9.17, 15) is 9.90 Å². The Morgan fingerprint density at radius 3 is 2.93 bits per heavy atom. The lowest BCUT2D eigenvalue weighted by Gasteiger charge is -2.45. The Kier molecular flexibility index (Phi) is 5.65. The molecular formula is C24H30N2O3S. The summed E-state index contributed by atoms with van der Waals surface area (Å²) in [5, 5.41) is 11.6. The summed E-state index contributed by atoms with van der Waals surface area (Å²) in [6, 6.07) is 8.55. The summed E-state index contributed by atoms with van der Waals surface area (Å²) >= 11 is 1.54. The molecule has 160 valence electrons. The largest absolute Gasteiger partial charge is 0.496 e. The van der Waals surface area contributed by atoms with E-state index in [-0.39, 0.29) is 23.7 Å². The number of para-hydroxylation sites is 1. The monoisotopic (exact) mass is 426 g/mol. The zero-order valence-corrected chi connectivity index (χ0v) is 18.3. The number of ketones is 1. The maximum atomic E-state index is 13.4. The molecule has 0 amide bonds. The van der Waals surface area contributed by atoms with Crippen LogP contribution in [0.1, 0.15) is 50.5 Å². The van der Waals surface area contributed by atoms with Crippen molar-refractivity contribution in [3.63, 3.8) is 0 Å². The first-order valence-electron chi connectivity index (χ1n) is 11.3. The number of piperidine rings is 1. The Morgan fingerprint density at radius 1 is 1.23 bits per heavy atom. The molecule has 6 heteroatoms. The van der Waals surface area contributed by atoms with Gasteiger partial charge in [0, 0.05) is 18.5 Å². The number of aromatic nitrogens is 1. The van der Waals surface area contributed by atoms with Gasteiger partial charge in [0.1, 0.15) is 11.1 Å². The van der Waals surface area contributed by atoms with Gasteiger partial charge in [0.05, 0.1) is 34.1 Å². The molecule has 0 spiro atoms. The molecule has 30 heavy (non-hydrogen) atoms. The van der Waals surface area contributed by atoms with Crippen LogP contribution in [0.4, 0.5) is 0 Å². The third kappa shape index (κ3) is 3.59. The Balaban J connectivity index is 1.39. The van der Waals surface area contributed by atoms with E-state index >= 15 is 0 Å². The van der Waals surface area contributed by atoms with Gasteiger partial charge >= 0.3 is 0 Å². The Hall–Kier alpha value is -1.76. The lowest BCUT2D eigenvalue weighted by molar-refractivity contribution is -0.134. The van der Waals surface area contributed by atoms with Crippen molar-refractivity contribution < 1.29 is 14.6 Å². The first-order chi connectivity index (χ1) is 14.7. The van der Waals surface area contributed by atoms with Gasteiger partial charge in [0.2, 0.25) is 0 Å². The van der Waals surface area contributed by atoms with Crippen LogP contribution in [0, 0.1) is 11.8 Å². The fraction of sp³-hybridized carbons (Fsp3) is 0.583. The Labute approximate surface area is 181 Å². The number of allylic oxidation sites excluding steroid dienone is 1. The van der Waals surface area contributed by atoms with Gasteiger partial charge in [-0.2, -0.15) is 0 Å². The minimum Gasteiger partial charge on any atom is -0.496 e. The van der Waals surface area contributed by atoms with Crippen LogP contribution in [0.25, 0.3) is 15.8 Å². The highest BCUT2D eigenvalue weighted by Gasteiger charge is 2.47. The number of hydrogen-bond acceptors (Lipinski definition) is 6. The molecule has 2 aromatic rings. The van der Waals surface area contributed by atoms with Crippen LogP contribution in [0.5, 0.6) is 0 Å². The Bertz CT molecular complexity index is 922. The van der Waals surface area contributed by atoms with Gasteiger partial charge in [0.25, 0.3) is 0 Å². The lowest BCUT2D eigenvalue weighted by atomic mass is 9.72. The topological polar surface area (TPSA) is 62.7 Å². The predicted octanol–water partition coefficient (Wildman–Crippen LogP) is 4.26. The number of fused-ring (bicyclic) bond motifs is 2. The summed E-state index contributed by atoms with van der Waals surface area (Å²) in [5.41, 5.74) is 1.51. The van der Waals surface area contributed by atoms with Crippen molar-refractivity contribution in [2.75, 3.05) is 13.1 Å². The summed E-state index contributed by atoms with van der Waals surface area (Å²) in [7, 11) is 0. The normalized spacial score (nSPS) is 32.5. The molecule has 0 radical (unpaired) electrons. The average Bonchev–Trinajstić information content (AvgIpc) is 3.20. The summed E-state index contributed by atoms with van der Waals surface area (Å²) < 4.78 is 7.29. The average molecular weight is 427 g/mol. The van der Waals surface area contributed by atoms with E-state index in [0.29, 0.717) is 24.5 Å². The number of thiazole rings is 1. The first kappa shape index (κ1) is 20.2. The number of ether oxygens (including phenoxy) is 1. The van der Waals surface area contributed by atoms with Crippen molar-refractivity contribution >= 4 is 32.9 Å². The highest BCUT2D eigenvalue weighted by atomic mass is 32.1. The molecule has 3 aliphatic rings. The molecular weight excluding hydrogens is 396 g/mol. The van der Waals surface area contributed by atoms with E-state index in [2.05, 4.69) is 16.8 Å². The fourth-order valence-corrected chi connectivity index (χ4v) is 6.50. The molecule has 1 saturated carbocycles. The quantitative estimate of drug-likeness (QED) is 0.792. The van der Waals surface area contributed by atoms with Crippen molar-refractivity contribution in [2.24, 2.45) is 11.8 Å². The Morgan fingerprint density at radius 2 is 2.10 bits per heavy atom. The molecule has 1 aliphatic carbocycles. The maximum Gasteiger partial charge on any atom is 0.175 e. The van der Waals surface area contributed by atoms with E-state index in [1.807, 2.05) is 24.3 Å². The third-order valence-corrected chi connectivity index (χ3v) is 8.29. The van der Waals surface area contributed by atoms with Crippen LogP contribution in [0.3, 0.4) is 0 Å². The van der Waals surface area contributed by atoms with Crippen LogP contribution < -0.4 is 0 Å². The molecule has 1 aromatic carbocycles. The maximum absolute atomic E-state index is 13.4. The van der Waals surface area contributed by atoms with Crippen molar-refractivity contribution in [1.82, 2.24) is 9.88 Å². The lowest BCUT2D eigenvalue weighted by Crippen LogP contribution is -2.54. The van der Waals surface area contributed by atoms with E-state index in [1.165, 1.54) is 19.3 Å². The van der Waals surface area contributed by atoms with E-state index in [1.54, 1.807) is 17.6 Å². The second-order valence-electron chi connectivity index (χ2n) is 8.95. The zero-order chi connectivity index (χ0) is 20.7. The molecule has 0 bridgehead atoms. The minimum absolute atomic E-state index is 0.0204. The van der Waals surface area contributed by atoms with Gasteiger partial charge in [-0.1, -0.05) is 25.5 Å². The number of rotatable bonds is 4. The van der Waals surface area contributed by atoms with Gasteiger partial charge in [-0.05, 0) is 50.8 Å². The zero-order valence-electron chi connectivity index (χ0n) is 17.5. The van der Waals surface area contributed by atoms with Crippen LogP contribution >= 0.6 is 11.3 Å². The standard InChI is InChI=1S/C24H30N2O3S/c1-2-15-7-5-6-12-26(15)13-17-20(27)11-10-16-22(28)18(14-29-23(16)17)24-25-19-8-3-4-9-21(19)30-24/h3-4,8-9,14-17,20,23,27H,2,5-7,10-13H2,1H3. The van der Waals surface area contributed by atoms with Crippen molar-refractivity contribution in [3.8, 4) is 0 Å². The number of nitrogens with zero attached hydrogens (tertiary/aromatic N) is 2. The van der Waals surface area contributed by atoms with Crippen LogP contribution in [-0.4, -0.2) is 52.1 Å². The van der Waals surface area contributed by atoms with Crippen LogP contribution in [-0.2, 0) is 9.53 Å². The molecule has 5 atom stereocenters. The van der Waals surface area contributed by atoms with Gasteiger partial charge in [-0.25, -0.2) is 4.98 Å². The number of benzene rings is 1. The van der Waals surface area contributed by atoms with E-state index < -0.39 is 6.10 Å². The number of aliphatic hydroxyl groups excluding tert-OH is 1. The van der Waals surface area contributed by atoms with E-state index in [4.69, 9.17) is 4.74 Å². The molecule has 5 rings (SSSR count). The fourth-order valence-electron chi connectivity index (χ4n) is 5.53. The molecule has 5 nitrogen and oxygen atoms in total. The summed E-state index contributed by atoms with van der Waals surface area (Å²) in [6.07, 6.45) is 7.20. The molecule has 1 N–H and O–H groups in total. The second-order valence-corrected chi connectivity index (χ2v) is 9.98. The highest BCUT2D eigenvalue weighted by molar-refractivity contribution is 7.19. The van der Waals surface area contributed by atoms with Gasteiger partial charge in [-0.3, -0.25) is 9.69 Å². The molecule has 1 aromatic heterocycles. The van der Waals surface area contributed by atoms with E-state index in [0.717, 1.165) is 34.7 Å². The first-order valence-corrected chi connectivity index (χ1v) is 12.1. The number of likely N-dealkylation sites (tertiary alicyclic amines) is 1. The van der Waals surface area contributed by atoms with Gasteiger partial charge in [0.15, 0.2) is 5.78 Å². The number of Topliss-reactive ketones (excluding diaryl/α,β-unsaturated/α-hetero) is 1. The second kappa shape index (κ2) is 8.40. The van der Waals surface area contributed by atoms with Crippen LogP contribution in [0.2, 0.25) is 0 Å². The highest BCUT2D eigenvalue weighted by Crippen LogP contribution is 2.41. The van der Waals surface area contributed by atoms with Crippen molar-refractivity contribution in [1.29, 1.82) is 0 Å². The molecule has 3 heterocycles. The molecule has 2 aliphatic heterocycles. The number of hydrogen-bond donors (Lipinski definition) is 1. The number of carbonyl (C=O) groups is 1. The molecule has 5 unspecified atom stereocenters. The van der Waals surface area contributed by atoms with Crippen LogP contribution in [0.15, 0.2) is 30.5 Å². The van der Waals surface area contributed by atoms with Crippen molar-refractivity contribution in [2.45, 2.75) is 63.7 Å². The summed E-state index contributed by atoms with van der Waals surface area (Å²) in [5.74, 6) is -0.0730. The summed E-state index contributed by atoms with van der Waals surface area (Å²) in [6.45, 7) is 4.15. The smallest absolute Gasteiger partial charge is 0.175 e. The molecule has 2 fully saturated rings. The third-order valence-electron chi connectivity index (χ3n) is 7.22. The van der Waals surface area contributed by atoms with Crippen molar-refractivity contribution in [3.05, 3.63) is 35.5 Å². The SMILES string of the molecule is CCC1CCCCN1CC1C(O)CCC2C(=O)C(c3nc4ccccc4s3)=COC21. The number of carbonyl (C=O) groups excluding carboxylic acids is 1. The predicted molar refractivity (Wildman–Crippen MR) is 119 cm³/mol. The molecule has 1 saturated heterocycles.